The second-order valence-corrected chi connectivity index (χ2v) is 18.2. The van der Waals surface area contributed by atoms with Gasteiger partial charge in [0.05, 0.1) is 106 Å². The van der Waals surface area contributed by atoms with Crippen molar-refractivity contribution in [3.63, 3.8) is 0 Å². The maximum Gasteiger partial charge on any atom is 0.261 e. The Bertz CT molecular complexity index is 999. The molecule has 52 heavy (non-hydrogen) atoms. The molecule has 298 valence electrons. The van der Waals surface area contributed by atoms with Gasteiger partial charge in [-0.25, -0.2) is 0 Å². The summed E-state index contributed by atoms with van der Waals surface area (Å²) in [5, 5.41) is 2.50. The average Bonchev–Trinajstić information content (AvgIpc) is 3.15. The third kappa shape index (κ3) is 21.3. The quantitative estimate of drug-likeness (QED) is 0.0550. The summed E-state index contributed by atoms with van der Waals surface area (Å²) in [5.74, 6) is 0. The molecule has 10 heteroatoms. The number of hydrogen-bond acceptors (Lipinski definition) is 9. The van der Waals surface area contributed by atoms with Crippen molar-refractivity contribution in [1.29, 1.82) is 0 Å². The molecule has 0 radical (unpaired) electrons. The van der Waals surface area contributed by atoms with Crippen LogP contribution in [0.2, 0.25) is 5.04 Å². The number of unbranched alkanes of at least 4 members (excludes halogenated alkanes) is 7. The van der Waals surface area contributed by atoms with E-state index in [0.717, 1.165) is 13.0 Å². The zero-order valence-electron chi connectivity index (χ0n) is 33.1. The van der Waals surface area contributed by atoms with Crippen molar-refractivity contribution in [1.82, 2.24) is 0 Å². The zero-order valence-corrected chi connectivity index (χ0v) is 34.1. The van der Waals surface area contributed by atoms with Gasteiger partial charge in [-0.2, -0.15) is 0 Å². The first kappa shape index (κ1) is 46.5. The SMILES string of the molecule is CCCCCCCCCCOCCOCCOCCOCCOCCOCCOCCOCCO[Si](c1ccccc1)(c1ccccc1)C(C)(C)C. The Balaban J connectivity index is 1.32. The number of hydrogen-bond donors (Lipinski definition) is 0. The molecule has 2 aromatic carbocycles. The Morgan fingerprint density at radius 1 is 0.365 bits per heavy atom. The first-order valence-corrected chi connectivity index (χ1v) is 21.8. The molecule has 0 N–H and O–H groups in total. The van der Waals surface area contributed by atoms with Gasteiger partial charge in [0.1, 0.15) is 0 Å². The van der Waals surface area contributed by atoms with E-state index in [1.807, 2.05) is 0 Å². The van der Waals surface area contributed by atoms with Crippen LogP contribution >= 0.6 is 0 Å². The fourth-order valence-electron chi connectivity index (χ4n) is 5.99. The number of benzene rings is 2. The highest BCUT2D eigenvalue weighted by molar-refractivity contribution is 6.99. The molecule has 2 aromatic rings. The summed E-state index contributed by atoms with van der Waals surface area (Å²) in [6.07, 6.45) is 10.5. The van der Waals surface area contributed by atoms with E-state index in [4.69, 9.17) is 42.3 Å². The summed E-state index contributed by atoms with van der Waals surface area (Å²) < 4.78 is 51.8. The summed E-state index contributed by atoms with van der Waals surface area (Å²) in [7, 11) is -2.53. The van der Waals surface area contributed by atoms with Gasteiger partial charge in [-0.1, -0.05) is 133 Å². The van der Waals surface area contributed by atoms with E-state index in [1.54, 1.807) is 0 Å². The Morgan fingerprint density at radius 3 is 0.981 bits per heavy atom. The Kier molecular flexibility index (Phi) is 28.3. The molecule has 0 atom stereocenters. The predicted molar refractivity (Wildman–Crippen MR) is 213 cm³/mol. The molecule has 0 fully saturated rings. The van der Waals surface area contributed by atoms with Crippen LogP contribution in [-0.4, -0.2) is 121 Å². The highest BCUT2D eigenvalue weighted by Gasteiger charge is 2.50. The third-order valence-corrected chi connectivity index (χ3v) is 13.8. The third-order valence-electron chi connectivity index (χ3n) is 8.71. The molecule has 0 aromatic heterocycles. The van der Waals surface area contributed by atoms with Gasteiger partial charge in [0.2, 0.25) is 0 Å². The first-order valence-electron chi connectivity index (χ1n) is 19.9. The summed E-state index contributed by atoms with van der Waals surface area (Å²) >= 11 is 0. The van der Waals surface area contributed by atoms with Gasteiger partial charge in [0, 0.05) is 6.61 Å². The van der Waals surface area contributed by atoms with Crippen LogP contribution in [0.5, 0.6) is 0 Å². The molecule has 0 heterocycles. The van der Waals surface area contributed by atoms with Crippen molar-refractivity contribution < 1.29 is 42.3 Å². The van der Waals surface area contributed by atoms with Crippen molar-refractivity contribution >= 4 is 18.7 Å². The van der Waals surface area contributed by atoms with Gasteiger partial charge in [-0.05, 0) is 21.8 Å². The fraction of sp³-hybridized carbons (Fsp3) is 0.714. The molecule has 0 saturated heterocycles. The molecule has 0 unspecified atom stereocenters. The van der Waals surface area contributed by atoms with Gasteiger partial charge in [0.15, 0.2) is 0 Å². The largest absolute Gasteiger partial charge is 0.405 e. The first-order chi connectivity index (χ1) is 25.5. The van der Waals surface area contributed by atoms with E-state index < -0.39 is 8.32 Å². The predicted octanol–water partition coefficient (Wildman–Crippen LogP) is 6.84. The van der Waals surface area contributed by atoms with E-state index in [1.165, 1.54) is 55.3 Å². The van der Waals surface area contributed by atoms with E-state index in [-0.39, 0.29) is 5.04 Å². The molecular formula is C42H72O9Si. The minimum absolute atomic E-state index is 0.0500. The molecule has 0 aliphatic rings. The Morgan fingerprint density at radius 2 is 0.654 bits per heavy atom. The standard InChI is InChI=1S/C42H72O9Si/c1-5-6-7-8-9-10-11-18-23-43-24-25-44-26-27-45-28-29-46-30-31-47-32-33-48-34-35-49-36-37-50-38-39-51-52(42(2,3)4,40-19-14-12-15-20-40)41-21-16-13-17-22-41/h12-17,19-22H,5-11,18,23-39H2,1-4H3. The lowest BCUT2D eigenvalue weighted by Crippen LogP contribution is -2.66. The summed E-state index contributed by atoms with van der Waals surface area (Å²) in [4.78, 5) is 0. The van der Waals surface area contributed by atoms with E-state index in [0.29, 0.717) is 106 Å². The van der Waals surface area contributed by atoms with Crippen molar-refractivity contribution in [2.45, 2.75) is 84.1 Å². The van der Waals surface area contributed by atoms with Gasteiger partial charge < -0.3 is 42.3 Å². The molecule has 2 rings (SSSR count). The molecule has 0 aliphatic carbocycles. The van der Waals surface area contributed by atoms with Crippen molar-refractivity contribution in [3.8, 4) is 0 Å². The van der Waals surface area contributed by atoms with Crippen LogP contribution < -0.4 is 10.4 Å². The van der Waals surface area contributed by atoms with E-state index in [9.17, 15) is 0 Å². The Hall–Kier alpha value is -1.70. The monoisotopic (exact) mass is 748 g/mol. The minimum Gasteiger partial charge on any atom is -0.405 e. The van der Waals surface area contributed by atoms with Crippen molar-refractivity contribution in [3.05, 3.63) is 60.7 Å². The van der Waals surface area contributed by atoms with Crippen LogP contribution in [0, 0.1) is 0 Å². The van der Waals surface area contributed by atoms with E-state index in [2.05, 4.69) is 88.4 Å². The van der Waals surface area contributed by atoms with Crippen LogP contribution in [0.1, 0.15) is 79.1 Å². The molecule has 0 bridgehead atoms. The maximum atomic E-state index is 6.85. The second kappa shape index (κ2) is 31.6. The summed E-state index contributed by atoms with van der Waals surface area (Å²) in [6, 6.07) is 21.3. The lowest BCUT2D eigenvalue weighted by atomic mass is 10.1. The molecule has 9 nitrogen and oxygen atoms in total. The van der Waals surface area contributed by atoms with Crippen LogP contribution in [0.3, 0.4) is 0 Å². The lowest BCUT2D eigenvalue weighted by Gasteiger charge is -2.43. The van der Waals surface area contributed by atoms with Crippen LogP contribution in [0.25, 0.3) is 0 Å². The van der Waals surface area contributed by atoms with Gasteiger partial charge in [-0.15, -0.1) is 0 Å². The topological polar surface area (TPSA) is 83.1 Å². The number of ether oxygens (including phenoxy) is 8. The summed E-state index contributed by atoms with van der Waals surface area (Å²) in [6.45, 7) is 18.6. The van der Waals surface area contributed by atoms with Crippen molar-refractivity contribution in [2.24, 2.45) is 0 Å². The van der Waals surface area contributed by atoms with Crippen LogP contribution in [-0.2, 0) is 42.3 Å². The molecule has 0 spiro atoms. The number of rotatable bonds is 36. The van der Waals surface area contributed by atoms with Crippen LogP contribution in [0.4, 0.5) is 0 Å². The zero-order chi connectivity index (χ0) is 37.3. The summed E-state index contributed by atoms with van der Waals surface area (Å²) in [5.41, 5.74) is 0. The molecule has 0 aliphatic heterocycles. The molecule has 0 amide bonds. The fourth-order valence-corrected chi connectivity index (χ4v) is 10.5. The Labute approximate surface area is 317 Å². The highest BCUT2D eigenvalue weighted by atomic mass is 28.4. The van der Waals surface area contributed by atoms with Crippen molar-refractivity contribution in [2.75, 3.05) is 112 Å². The smallest absolute Gasteiger partial charge is 0.261 e. The molecular weight excluding hydrogens is 677 g/mol. The lowest BCUT2D eigenvalue weighted by molar-refractivity contribution is -0.0237. The molecule has 0 saturated carbocycles. The van der Waals surface area contributed by atoms with E-state index >= 15 is 0 Å². The van der Waals surface area contributed by atoms with Gasteiger partial charge in [-0.3, -0.25) is 0 Å². The average molecular weight is 749 g/mol. The minimum atomic E-state index is -2.53. The second-order valence-electron chi connectivity index (χ2n) is 13.9. The van der Waals surface area contributed by atoms with Gasteiger partial charge in [0.25, 0.3) is 8.32 Å². The normalized spacial score (nSPS) is 12.2. The van der Waals surface area contributed by atoms with Crippen LogP contribution in [0.15, 0.2) is 60.7 Å². The van der Waals surface area contributed by atoms with Gasteiger partial charge >= 0.3 is 0 Å². The highest BCUT2D eigenvalue weighted by Crippen LogP contribution is 2.36. The maximum absolute atomic E-state index is 6.85.